The number of hydrogen-bond acceptors (Lipinski definition) is 4. The number of hydrogen-bond donors (Lipinski definition) is 2. The van der Waals surface area contributed by atoms with Crippen LogP contribution in [-0.4, -0.2) is 42.8 Å². The van der Waals surface area contributed by atoms with Crippen LogP contribution in [0.15, 0.2) is 54.6 Å². The Hall–Kier alpha value is -2.86. The smallest absolute Gasteiger partial charge is 0.315 e. The van der Waals surface area contributed by atoms with Crippen LogP contribution in [0.1, 0.15) is 42.1 Å². The summed E-state index contributed by atoms with van der Waals surface area (Å²) in [4.78, 5) is 24.6. The molecule has 1 fully saturated rings. The van der Waals surface area contributed by atoms with Crippen LogP contribution in [0, 0.1) is 0 Å². The summed E-state index contributed by atoms with van der Waals surface area (Å²) in [6.45, 7) is 3.11. The molecule has 2 aromatic rings. The van der Waals surface area contributed by atoms with Gasteiger partial charge in [0.25, 0.3) is 5.91 Å². The summed E-state index contributed by atoms with van der Waals surface area (Å²) in [6.07, 6.45) is 2.56. The van der Waals surface area contributed by atoms with E-state index in [1.54, 1.807) is 48.5 Å². The first-order chi connectivity index (χ1) is 14.0. The zero-order valence-electron chi connectivity index (χ0n) is 16.6. The van der Waals surface area contributed by atoms with E-state index in [0.717, 1.165) is 19.4 Å². The number of carboxylic acids is 1. The molecule has 0 spiro atoms. The lowest BCUT2D eigenvalue weighted by Crippen LogP contribution is -2.46. The molecule has 2 N–H and O–H groups in total. The summed E-state index contributed by atoms with van der Waals surface area (Å²) < 4.78 is 11.2. The van der Waals surface area contributed by atoms with Crippen molar-refractivity contribution in [2.75, 3.05) is 19.8 Å². The number of carboxylic acid groups (broad SMARTS) is 1. The second-order valence-electron chi connectivity index (χ2n) is 7.26. The van der Waals surface area contributed by atoms with Crippen molar-refractivity contribution in [2.45, 2.75) is 37.7 Å². The summed E-state index contributed by atoms with van der Waals surface area (Å²) in [7, 11) is 0. The molecule has 3 rings (SSSR count). The Labute approximate surface area is 170 Å². The summed E-state index contributed by atoms with van der Waals surface area (Å²) >= 11 is 0. The average molecular weight is 397 g/mol. The van der Waals surface area contributed by atoms with E-state index in [2.05, 4.69) is 5.32 Å². The maximum atomic E-state index is 12.6. The van der Waals surface area contributed by atoms with Crippen molar-refractivity contribution in [2.24, 2.45) is 0 Å². The highest BCUT2D eigenvalue weighted by atomic mass is 16.5. The Balaban J connectivity index is 1.61. The third-order valence-corrected chi connectivity index (χ3v) is 5.47. The molecule has 2 unspecified atom stereocenters. The van der Waals surface area contributed by atoms with Crippen molar-refractivity contribution in [3.05, 3.63) is 65.7 Å². The molecular formula is C23H27NO5. The van der Waals surface area contributed by atoms with Gasteiger partial charge >= 0.3 is 5.97 Å². The number of carbonyl (C=O) groups is 2. The van der Waals surface area contributed by atoms with Gasteiger partial charge in [-0.3, -0.25) is 9.59 Å². The van der Waals surface area contributed by atoms with Crippen LogP contribution in [0.2, 0.25) is 0 Å². The Morgan fingerprint density at radius 1 is 1.17 bits per heavy atom. The molecule has 2 atom stereocenters. The lowest BCUT2D eigenvalue weighted by Gasteiger charge is -2.29. The monoisotopic (exact) mass is 397 g/mol. The summed E-state index contributed by atoms with van der Waals surface area (Å²) in [5.74, 6) is -0.593. The Morgan fingerprint density at radius 3 is 2.48 bits per heavy atom. The molecule has 2 aromatic carbocycles. The average Bonchev–Trinajstić information content (AvgIpc) is 3.27. The van der Waals surface area contributed by atoms with E-state index in [4.69, 9.17) is 9.47 Å². The first-order valence-electron chi connectivity index (χ1n) is 9.97. The van der Waals surface area contributed by atoms with Crippen molar-refractivity contribution in [3.8, 4) is 5.75 Å². The second kappa shape index (κ2) is 9.56. The normalized spacial score (nSPS) is 18.0. The Kier molecular flexibility index (Phi) is 6.88. The van der Waals surface area contributed by atoms with Gasteiger partial charge < -0.3 is 19.9 Å². The maximum Gasteiger partial charge on any atom is 0.315 e. The van der Waals surface area contributed by atoms with Gasteiger partial charge in [-0.15, -0.1) is 0 Å². The van der Waals surface area contributed by atoms with Crippen molar-refractivity contribution < 1.29 is 24.2 Å². The Bertz CT molecular complexity index is 815. The van der Waals surface area contributed by atoms with Gasteiger partial charge in [-0.1, -0.05) is 37.3 Å². The third kappa shape index (κ3) is 4.95. The van der Waals surface area contributed by atoms with E-state index in [1.807, 2.05) is 13.0 Å². The highest BCUT2D eigenvalue weighted by Gasteiger charge is 2.39. The number of rotatable bonds is 9. The number of benzene rings is 2. The molecule has 1 saturated heterocycles. The molecule has 154 valence electrons. The highest BCUT2D eigenvalue weighted by Crippen LogP contribution is 2.28. The summed E-state index contributed by atoms with van der Waals surface area (Å²) in [5.41, 5.74) is -0.0348. The maximum absolute atomic E-state index is 12.6. The highest BCUT2D eigenvalue weighted by molar-refractivity contribution is 5.95. The summed E-state index contributed by atoms with van der Waals surface area (Å²) in [5, 5.41) is 12.7. The minimum atomic E-state index is -1.17. The largest absolute Gasteiger partial charge is 0.491 e. The fourth-order valence-corrected chi connectivity index (χ4v) is 3.54. The quantitative estimate of drug-likeness (QED) is 0.677. The van der Waals surface area contributed by atoms with E-state index >= 15 is 0 Å². The van der Waals surface area contributed by atoms with Gasteiger partial charge in [0.05, 0.1) is 6.10 Å². The van der Waals surface area contributed by atoms with Crippen LogP contribution in [0.5, 0.6) is 5.75 Å². The molecule has 6 heteroatoms. The minimum Gasteiger partial charge on any atom is -0.491 e. The van der Waals surface area contributed by atoms with Crippen LogP contribution < -0.4 is 10.1 Å². The standard InChI is InChI=1S/C23H27NO5/c1-2-23(22(26)27,18-7-4-3-5-8-18)16-24-21(25)17-10-12-19(13-11-17)29-15-20-9-6-14-28-20/h3-5,7-8,10-13,20H,2,6,9,14-16H2,1H3,(H,24,25)(H,26,27). The molecule has 1 aliphatic heterocycles. The topological polar surface area (TPSA) is 84.9 Å². The zero-order valence-corrected chi connectivity index (χ0v) is 16.6. The van der Waals surface area contributed by atoms with Gasteiger partial charge in [0, 0.05) is 18.7 Å². The van der Waals surface area contributed by atoms with Crippen LogP contribution in [-0.2, 0) is 14.9 Å². The van der Waals surface area contributed by atoms with Crippen molar-refractivity contribution in [1.29, 1.82) is 0 Å². The third-order valence-electron chi connectivity index (χ3n) is 5.47. The minimum absolute atomic E-state index is 0.0128. The Morgan fingerprint density at radius 2 is 1.90 bits per heavy atom. The van der Waals surface area contributed by atoms with E-state index in [9.17, 15) is 14.7 Å². The van der Waals surface area contributed by atoms with Crippen LogP contribution in [0.3, 0.4) is 0 Å². The van der Waals surface area contributed by atoms with E-state index in [1.165, 1.54) is 0 Å². The molecule has 0 aromatic heterocycles. The molecule has 0 radical (unpaired) electrons. The molecule has 1 aliphatic rings. The lowest BCUT2D eigenvalue weighted by molar-refractivity contribution is -0.143. The van der Waals surface area contributed by atoms with Gasteiger partial charge in [0.2, 0.25) is 0 Å². The fourth-order valence-electron chi connectivity index (χ4n) is 3.54. The number of aliphatic carboxylic acids is 1. The second-order valence-corrected chi connectivity index (χ2v) is 7.26. The van der Waals surface area contributed by atoms with E-state index in [0.29, 0.717) is 29.9 Å². The van der Waals surface area contributed by atoms with Gasteiger partial charge in [-0.2, -0.15) is 0 Å². The molecular weight excluding hydrogens is 370 g/mol. The summed E-state index contributed by atoms with van der Waals surface area (Å²) in [6, 6.07) is 15.9. The molecule has 1 amide bonds. The van der Waals surface area contributed by atoms with Gasteiger partial charge in [0.15, 0.2) is 0 Å². The molecule has 6 nitrogen and oxygen atoms in total. The van der Waals surface area contributed by atoms with Gasteiger partial charge in [-0.25, -0.2) is 0 Å². The number of amides is 1. The fraction of sp³-hybridized carbons (Fsp3) is 0.391. The number of ether oxygens (including phenoxy) is 2. The predicted octanol–water partition coefficient (Wildman–Crippen LogP) is 3.41. The molecule has 0 bridgehead atoms. The molecule has 1 heterocycles. The van der Waals surface area contributed by atoms with Crippen molar-refractivity contribution in [1.82, 2.24) is 5.32 Å². The lowest BCUT2D eigenvalue weighted by atomic mass is 9.78. The van der Waals surface area contributed by atoms with Gasteiger partial charge in [0.1, 0.15) is 17.8 Å². The first-order valence-corrected chi connectivity index (χ1v) is 9.97. The molecule has 0 saturated carbocycles. The van der Waals surface area contributed by atoms with Crippen LogP contribution in [0.25, 0.3) is 0 Å². The zero-order chi connectivity index (χ0) is 20.7. The van der Waals surface area contributed by atoms with E-state index < -0.39 is 11.4 Å². The van der Waals surface area contributed by atoms with Crippen molar-refractivity contribution >= 4 is 11.9 Å². The van der Waals surface area contributed by atoms with Crippen LogP contribution in [0.4, 0.5) is 0 Å². The predicted molar refractivity (Wildman–Crippen MR) is 109 cm³/mol. The molecule has 0 aliphatic carbocycles. The molecule has 29 heavy (non-hydrogen) atoms. The number of nitrogens with one attached hydrogen (secondary N) is 1. The SMILES string of the molecule is CCC(CNC(=O)c1ccc(OCC2CCCO2)cc1)(C(=O)O)c1ccccc1. The first kappa shape index (κ1) is 20.9. The van der Waals surface area contributed by atoms with Crippen molar-refractivity contribution in [3.63, 3.8) is 0 Å². The van der Waals surface area contributed by atoms with E-state index in [-0.39, 0.29) is 18.6 Å². The number of carbonyl (C=O) groups excluding carboxylic acids is 1. The van der Waals surface area contributed by atoms with Gasteiger partial charge in [-0.05, 0) is 49.1 Å². The van der Waals surface area contributed by atoms with Crippen LogP contribution >= 0.6 is 0 Å².